The second kappa shape index (κ2) is 6.70. The molecule has 0 aliphatic heterocycles. The molecule has 1 N–H and O–H groups in total. The van der Waals surface area contributed by atoms with Crippen molar-refractivity contribution in [2.75, 3.05) is 19.0 Å². The number of carbonyl (C=O) groups excluding carboxylic acids is 1. The van der Waals surface area contributed by atoms with Gasteiger partial charge in [0.05, 0.1) is 12.1 Å². The number of fused-ring (bicyclic) bond motifs is 1. The molecule has 6 nitrogen and oxygen atoms in total. The highest BCUT2D eigenvalue weighted by molar-refractivity contribution is 5.78. The molecule has 0 radical (unpaired) electrons. The molecule has 3 aromatic rings. The molecule has 0 aliphatic carbocycles. The van der Waals surface area contributed by atoms with E-state index in [1.54, 1.807) is 6.20 Å². The highest BCUT2D eigenvalue weighted by Gasteiger charge is 2.09. The average molecular weight is 323 g/mol. The molecule has 124 valence electrons. The van der Waals surface area contributed by atoms with Crippen LogP contribution in [0.3, 0.4) is 0 Å². The number of amides is 1. The highest BCUT2D eigenvalue weighted by Crippen LogP contribution is 2.11. The third-order valence-corrected chi connectivity index (χ3v) is 3.83. The SMILES string of the molecule is Cc1cccn2cc(CC(=O)NCc3ccnc(N(C)C)c3)nc12. The van der Waals surface area contributed by atoms with E-state index in [1.807, 2.05) is 67.0 Å². The van der Waals surface area contributed by atoms with E-state index < -0.39 is 0 Å². The normalized spacial score (nSPS) is 10.8. The lowest BCUT2D eigenvalue weighted by molar-refractivity contribution is -0.120. The van der Waals surface area contributed by atoms with Crippen molar-refractivity contribution in [2.24, 2.45) is 0 Å². The fraction of sp³-hybridized carbons (Fsp3) is 0.278. The van der Waals surface area contributed by atoms with Crippen LogP contribution < -0.4 is 10.2 Å². The van der Waals surface area contributed by atoms with E-state index in [9.17, 15) is 4.79 Å². The van der Waals surface area contributed by atoms with Gasteiger partial charge in [0.25, 0.3) is 0 Å². The fourth-order valence-corrected chi connectivity index (χ4v) is 2.53. The third-order valence-electron chi connectivity index (χ3n) is 3.83. The molecule has 1 amide bonds. The van der Waals surface area contributed by atoms with E-state index in [-0.39, 0.29) is 12.3 Å². The van der Waals surface area contributed by atoms with Gasteiger partial charge < -0.3 is 14.6 Å². The number of aromatic nitrogens is 3. The van der Waals surface area contributed by atoms with Crippen molar-refractivity contribution in [3.63, 3.8) is 0 Å². The monoisotopic (exact) mass is 323 g/mol. The second-order valence-electron chi connectivity index (χ2n) is 6.02. The summed E-state index contributed by atoms with van der Waals surface area (Å²) in [6.45, 7) is 2.49. The molecule has 0 bridgehead atoms. The molecule has 0 fully saturated rings. The van der Waals surface area contributed by atoms with Crippen LogP contribution >= 0.6 is 0 Å². The van der Waals surface area contributed by atoms with E-state index in [0.29, 0.717) is 6.54 Å². The maximum Gasteiger partial charge on any atom is 0.226 e. The molecule has 0 aliphatic rings. The molecule has 0 unspecified atom stereocenters. The molecule has 3 aromatic heterocycles. The number of nitrogens with one attached hydrogen (secondary N) is 1. The number of imidazole rings is 1. The summed E-state index contributed by atoms with van der Waals surface area (Å²) in [7, 11) is 3.88. The first-order valence-electron chi connectivity index (χ1n) is 7.85. The zero-order valence-electron chi connectivity index (χ0n) is 14.2. The number of nitrogens with zero attached hydrogens (tertiary/aromatic N) is 4. The van der Waals surface area contributed by atoms with Gasteiger partial charge in [0.1, 0.15) is 11.5 Å². The van der Waals surface area contributed by atoms with Gasteiger partial charge in [-0.15, -0.1) is 0 Å². The minimum Gasteiger partial charge on any atom is -0.363 e. The van der Waals surface area contributed by atoms with Gasteiger partial charge in [-0.2, -0.15) is 0 Å². The van der Waals surface area contributed by atoms with Gasteiger partial charge in [-0.05, 0) is 36.2 Å². The molecule has 0 saturated carbocycles. The van der Waals surface area contributed by atoms with Crippen LogP contribution in [0.15, 0.2) is 42.9 Å². The standard InChI is InChI=1S/C18H21N5O/c1-13-5-4-8-23-12-15(21-18(13)23)10-17(24)20-11-14-6-7-19-16(9-14)22(2)3/h4-9,12H,10-11H2,1-3H3,(H,20,24). The minimum atomic E-state index is -0.0423. The number of aryl methyl sites for hydroxylation is 1. The Bertz CT molecular complexity index is 869. The number of hydrogen-bond acceptors (Lipinski definition) is 4. The Morgan fingerprint density at radius 1 is 1.33 bits per heavy atom. The second-order valence-corrected chi connectivity index (χ2v) is 6.02. The van der Waals surface area contributed by atoms with Crippen molar-refractivity contribution in [2.45, 2.75) is 19.9 Å². The Kier molecular flexibility index (Phi) is 4.46. The first-order chi connectivity index (χ1) is 11.5. The van der Waals surface area contributed by atoms with Gasteiger partial charge in [0.2, 0.25) is 5.91 Å². The van der Waals surface area contributed by atoms with Crippen LogP contribution in [-0.4, -0.2) is 34.4 Å². The summed E-state index contributed by atoms with van der Waals surface area (Å²) >= 11 is 0. The van der Waals surface area contributed by atoms with Crippen molar-refractivity contribution in [3.05, 3.63) is 59.7 Å². The van der Waals surface area contributed by atoms with Crippen LogP contribution in [-0.2, 0) is 17.8 Å². The molecule has 0 spiro atoms. The van der Waals surface area contributed by atoms with Gasteiger partial charge in [0.15, 0.2) is 0 Å². The summed E-state index contributed by atoms with van der Waals surface area (Å²) in [4.78, 5) is 22.9. The zero-order valence-corrected chi connectivity index (χ0v) is 14.2. The van der Waals surface area contributed by atoms with E-state index in [0.717, 1.165) is 28.3 Å². The average Bonchev–Trinajstić information content (AvgIpc) is 2.97. The number of carbonyl (C=O) groups is 1. The summed E-state index contributed by atoms with van der Waals surface area (Å²) in [6, 6.07) is 7.85. The molecule has 0 aromatic carbocycles. The summed E-state index contributed by atoms with van der Waals surface area (Å²) in [5.74, 6) is 0.830. The number of pyridine rings is 2. The van der Waals surface area contributed by atoms with E-state index in [4.69, 9.17) is 0 Å². The lowest BCUT2D eigenvalue weighted by Crippen LogP contribution is -2.25. The highest BCUT2D eigenvalue weighted by atomic mass is 16.1. The first-order valence-corrected chi connectivity index (χ1v) is 7.85. The number of rotatable bonds is 5. The van der Waals surface area contributed by atoms with Gasteiger partial charge in [-0.1, -0.05) is 6.07 Å². The number of hydrogen-bond donors (Lipinski definition) is 1. The van der Waals surface area contributed by atoms with Crippen molar-refractivity contribution in [3.8, 4) is 0 Å². The van der Waals surface area contributed by atoms with Crippen LogP contribution in [0.1, 0.15) is 16.8 Å². The van der Waals surface area contributed by atoms with Crippen molar-refractivity contribution in [1.82, 2.24) is 19.7 Å². The van der Waals surface area contributed by atoms with E-state index in [2.05, 4.69) is 15.3 Å². The predicted molar refractivity (Wildman–Crippen MR) is 94.0 cm³/mol. The fourth-order valence-electron chi connectivity index (χ4n) is 2.53. The third kappa shape index (κ3) is 3.53. The summed E-state index contributed by atoms with van der Waals surface area (Å²) in [5, 5.41) is 2.94. The topological polar surface area (TPSA) is 62.5 Å². The van der Waals surface area contributed by atoms with Crippen LogP contribution in [0.4, 0.5) is 5.82 Å². The predicted octanol–water partition coefficient (Wildman–Crippen LogP) is 1.96. The Morgan fingerprint density at radius 3 is 2.92 bits per heavy atom. The van der Waals surface area contributed by atoms with E-state index in [1.165, 1.54) is 0 Å². The summed E-state index contributed by atoms with van der Waals surface area (Å²) in [6.07, 6.45) is 5.86. The molecule has 6 heteroatoms. The molecular weight excluding hydrogens is 302 g/mol. The molecule has 0 saturated heterocycles. The smallest absolute Gasteiger partial charge is 0.226 e. The van der Waals surface area contributed by atoms with Gasteiger partial charge >= 0.3 is 0 Å². The maximum absolute atomic E-state index is 12.2. The maximum atomic E-state index is 12.2. The Hall–Kier alpha value is -2.89. The van der Waals surface area contributed by atoms with Crippen molar-refractivity contribution >= 4 is 17.4 Å². The van der Waals surface area contributed by atoms with Crippen LogP contribution in [0, 0.1) is 6.92 Å². The molecular formula is C18H21N5O. The van der Waals surface area contributed by atoms with E-state index >= 15 is 0 Å². The quantitative estimate of drug-likeness (QED) is 0.780. The lowest BCUT2D eigenvalue weighted by atomic mass is 10.2. The van der Waals surface area contributed by atoms with Crippen LogP contribution in [0.2, 0.25) is 0 Å². The largest absolute Gasteiger partial charge is 0.363 e. The van der Waals surface area contributed by atoms with Gasteiger partial charge in [-0.3, -0.25) is 4.79 Å². The molecule has 24 heavy (non-hydrogen) atoms. The van der Waals surface area contributed by atoms with Crippen molar-refractivity contribution in [1.29, 1.82) is 0 Å². The van der Waals surface area contributed by atoms with Crippen molar-refractivity contribution < 1.29 is 4.79 Å². The summed E-state index contributed by atoms with van der Waals surface area (Å²) in [5.41, 5.74) is 3.78. The Labute approximate surface area is 141 Å². The number of anilines is 1. The Balaban J connectivity index is 1.63. The zero-order chi connectivity index (χ0) is 17.1. The summed E-state index contributed by atoms with van der Waals surface area (Å²) < 4.78 is 1.95. The van der Waals surface area contributed by atoms with Crippen LogP contribution in [0.5, 0.6) is 0 Å². The van der Waals surface area contributed by atoms with Crippen LogP contribution in [0.25, 0.3) is 5.65 Å². The molecule has 3 rings (SSSR count). The lowest BCUT2D eigenvalue weighted by Gasteiger charge is -2.12. The van der Waals surface area contributed by atoms with Gasteiger partial charge in [0, 0.05) is 39.2 Å². The molecule has 0 atom stereocenters. The molecule has 3 heterocycles. The van der Waals surface area contributed by atoms with Gasteiger partial charge in [-0.25, -0.2) is 9.97 Å². The minimum absolute atomic E-state index is 0.0423. The first kappa shape index (κ1) is 16.0. The Morgan fingerprint density at radius 2 is 2.17 bits per heavy atom.